The van der Waals surface area contributed by atoms with Crippen LogP contribution in [0.2, 0.25) is 0 Å². The fraction of sp³-hybridized carbons (Fsp3) is 0.318. The van der Waals surface area contributed by atoms with Gasteiger partial charge in [-0.05, 0) is 37.6 Å². The molecule has 0 spiro atoms. The summed E-state index contributed by atoms with van der Waals surface area (Å²) in [7, 11) is 0. The molecule has 1 fully saturated rings. The Morgan fingerprint density at radius 2 is 1.68 bits per heavy atom. The van der Waals surface area contributed by atoms with Crippen LogP contribution in [0.15, 0.2) is 60.8 Å². The summed E-state index contributed by atoms with van der Waals surface area (Å²) in [5, 5.41) is 1.02. The molecular weight excluding hydrogens is 308 g/mol. The second-order valence-corrected chi connectivity index (χ2v) is 6.94. The number of para-hydroxylation sites is 1. The zero-order chi connectivity index (χ0) is 17.1. The van der Waals surface area contributed by atoms with E-state index in [2.05, 4.69) is 22.0 Å². The van der Waals surface area contributed by atoms with Gasteiger partial charge in [0.25, 0.3) is 0 Å². The zero-order valence-corrected chi connectivity index (χ0v) is 14.4. The van der Waals surface area contributed by atoms with Crippen molar-refractivity contribution in [3.05, 3.63) is 71.9 Å². The van der Waals surface area contributed by atoms with Gasteiger partial charge < -0.3 is 9.88 Å². The lowest BCUT2D eigenvalue weighted by atomic mass is 9.89. The molecule has 0 saturated carbocycles. The molecule has 2 aromatic carbocycles. The molecule has 25 heavy (non-hydrogen) atoms. The maximum atomic E-state index is 13.4. The van der Waals surface area contributed by atoms with Crippen molar-refractivity contribution >= 4 is 16.7 Å². The topological polar surface area (TPSA) is 36.1 Å². The first-order chi connectivity index (χ1) is 12.3. The Kier molecular flexibility index (Phi) is 4.66. The summed E-state index contributed by atoms with van der Waals surface area (Å²) in [5.41, 5.74) is 2.94. The predicted octanol–water partition coefficient (Wildman–Crippen LogP) is 4.62. The van der Waals surface area contributed by atoms with Crippen LogP contribution in [-0.4, -0.2) is 35.3 Å². The fourth-order valence-electron chi connectivity index (χ4n) is 3.89. The van der Waals surface area contributed by atoms with Crippen LogP contribution in [0.5, 0.6) is 0 Å². The minimum Gasteiger partial charge on any atom is -0.360 e. The molecule has 0 amide bonds. The molecule has 1 atom stereocenters. The van der Waals surface area contributed by atoms with Crippen molar-refractivity contribution in [3.8, 4) is 0 Å². The van der Waals surface area contributed by atoms with Gasteiger partial charge in [0.15, 0.2) is 5.78 Å². The largest absolute Gasteiger partial charge is 0.360 e. The molecule has 3 heteroatoms. The van der Waals surface area contributed by atoms with Crippen LogP contribution >= 0.6 is 0 Å². The lowest BCUT2D eigenvalue weighted by Gasteiger charge is -2.30. The van der Waals surface area contributed by atoms with Crippen LogP contribution < -0.4 is 0 Å². The number of hydrogen-bond donors (Lipinski definition) is 1. The van der Waals surface area contributed by atoms with Crippen LogP contribution in [0.25, 0.3) is 10.9 Å². The third kappa shape index (κ3) is 3.38. The third-order valence-electron chi connectivity index (χ3n) is 5.26. The van der Waals surface area contributed by atoms with Gasteiger partial charge in [0.1, 0.15) is 0 Å². The molecular formula is C22H24N2O. The molecule has 3 nitrogen and oxygen atoms in total. The van der Waals surface area contributed by atoms with E-state index in [1.54, 1.807) is 0 Å². The van der Waals surface area contributed by atoms with E-state index >= 15 is 0 Å². The number of Topliss-reactive ketones (excluding diaryl/α,β-unsaturated/α-hetero) is 1. The standard InChI is InChI=1S/C22H24N2O/c25-22(19-15-23-21-12-6-5-11-18(19)21)20(17-9-3-1-4-10-17)16-24-13-7-2-8-14-24/h1,3-6,9-12,15,20,23H,2,7-8,13-14,16H2. The summed E-state index contributed by atoms with van der Waals surface area (Å²) in [6, 6.07) is 18.3. The molecule has 1 unspecified atom stereocenters. The Balaban J connectivity index is 1.68. The minimum absolute atomic E-state index is 0.112. The van der Waals surface area contributed by atoms with Gasteiger partial charge in [-0.15, -0.1) is 0 Å². The van der Waals surface area contributed by atoms with Crippen LogP contribution in [0.3, 0.4) is 0 Å². The van der Waals surface area contributed by atoms with E-state index in [-0.39, 0.29) is 11.7 Å². The number of benzene rings is 2. The van der Waals surface area contributed by atoms with Crippen molar-refractivity contribution in [3.63, 3.8) is 0 Å². The highest BCUT2D eigenvalue weighted by Gasteiger charge is 2.27. The Labute approximate surface area is 148 Å². The maximum absolute atomic E-state index is 13.4. The number of carbonyl (C=O) groups excluding carboxylic acids is 1. The quantitative estimate of drug-likeness (QED) is 0.692. The molecule has 1 aliphatic rings. The summed E-state index contributed by atoms with van der Waals surface area (Å²) in [6.45, 7) is 3.01. The number of piperidine rings is 1. The summed E-state index contributed by atoms with van der Waals surface area (Å²) in [5.74, 6) is 0.104. The van der Waals surface area contributed by atoms with Gasteiger partial charge >= 0.3 is 0 Å². The molecule has 1 aliphatic heterocycles. The maximum Gasteiger partial charge on any atom is 0.173 e. The smallest absolute Gasteiger partial charge is 0.173 e. The molecule has 2 heterocycles. The lowest BCUT2D eigenvalue weighted by Crippen LogP contribution is -2.35. The number of aromatic nitrogens is 1. The Morgan fingerprint density at radius 3 is 2.48 bits per heavy atom. The number of carbonyl (C=O) groups is 1. The van der Waals surface area contributed by atoms with Gasteiger partial charge in [-0.2, -0.15) is 0 Å². The number of nitrogens with zero attached hydrogens (tertiary/aromatic N) is 1. The number of H-pyrrole nitrogens is 1. The molecule has 1 N–H and O–H groups in total. The second-order valence-electron chi connectivity index (χ2n) is 6.94. The van der Waals surface area contributed by atoms with Gasteiger partial charge in [-0.1, -0.05) is 55.0 Å². The van der Waals surface area contributed by atoms with E-state index in [0.29, 0.717) is 0 Å². The van der Waals surface area contributed by atoms with E-state index in [9.17, 15) is 4.79 Å². The Hall–Kier alpha value is -2.39. The van der Waals surface area contributed by atoms with Crippen LogP contribution in [-0.2, 0) is 0 Å². The number of aromatic amines is 1. The molecule has 128 valence electrons. The molecule has 1 saturated heterocycles. The van der Waals surface area contributed by atoms with Gasteiger partial charge in [0.05, 0.1) is 5.92 Å². The molecule has 0 radical (unpaired) electrons. The van der Waals surface area contributed by atoms with Crippen molar-refractivity contribution < 1.29 is 4.79 Å². The summed E-state index contributed by atoms with van der Waals surface area (Å²) in [6.07, 6.45) is 5.66. The van der Waals surface area contributed by atoms with Gasteiger partial charge in [0.2, 0.25) is 0 Å². The van der Waals surface area contributed by atoms with Gasteiger partial charge in [-0.3, -0.25) is 4.79 Å². The van der Waals surface area contributed by atoms with E-state index in [1.807, 2.05) is 48.7 Å². The molecule has 3 aromatic rings. The SMILES string of the molecule is O=C(c1c[nH]c2ccccc12)C(CN1CCCCC1)c1ccccc1. The van der Waals surface area contributed by atoms with Gasteiger partial charge in [-0.25, -0.2) is 0 Å². The van der Waals surface area contributed by atoms with Crippen LogP contribution in [0.4, 0.5) is 0 Å². The third-order valence-corrected chi connectivity index (χ3v) is 5.26. The molecule has 4 rings (SSSR count). The number of fused-ring (bicyclic) bond motifs is 1. The van der Waals surface area contributed by atoms with Crippen molar-refractivity contribution in [2.75, 3.05) is 19.6 Å². The lowest BCUT2D eigenvalue weighted by molar-refractivity contribution is 0.0927. The summed E-state index contributed by atoms with van der Waals surface area (Å²) < 4.78 is 0. The minimum atomic E-state index is -0.112. The average molecular weight is 332 g/mol. The first-order valence-corrected chi connectivity index (χ1v) is 9.20. The summed E-state index contributed by atoms with van der Waals surface area (Å²) in [4.78, 5) is 19.1. The highest BCUT2D eigenvalue weighted by Crippen LogP contribution is 2.27. The normalized spacial score (nSPS) is 16.8. The highest BCUT2D eigenvalue weighted by atomic mass is 16.1. The van der Waals surface area contributed by atoms with Crippen LogP contribution in [0, 0.1) is 0 Å². The Bertz CT molecular complexity index is 847. The monoisotopic (exact) mass is 332 g/mol. The van der Waals surface area contributed by atoms with E-state index in [4.69, 9.17) is 0 Å². The molecule has 1 aromatic heterocycles. The number of ketones is 1. The zero-order valence-electron chi connectivity index (χ0n) is 14.4. The first kappa shape index (κ1) is 16.1. The predicted molar refractivity (Wildman–Crippen MR) is 102 cm³/mol. The number of hydrogen-bond acceptors (Lipinski definition) is 2. The number of likely N-dealkylation sites (tertiary alicyclic amines) is 1. The summed E-state index contributed by atoms with van der Waals surface area (Å²) >= 11 is 0. The number of nitrogens with one attached hydrogen (secondary N) is 1. The van der Waals surface area contributed by atoms with Crippen molar-refractivity contribution in [1.29, 1.82) is 0 Å². The molecule has 0 bridgehead atoms. The second kappa shape index (κ2) is 7.24. The Morgan fingerprint density at radius 1 is 0.960 bits per heavy atom. The van der Waals surface area contributed by atoms with Crippen molar-refractivity contribution in [2.45, 2.75) is 25.2 Å². The van der Waals surface area contributed by atoms with Crippen molar-refractivity contribution in [1.82, 2.24) is 9.88 Å². The fourth-order valence-corrected chi connectivity index (χ4v) is 3.89. The van der Waals surface area contributed by atoms with E-state index in [0.717, 1.165) is 41.7 Å². The average Bonchev–Trinajstić information content (AvgIpc) is 3.11. The van der Waals surface area contributed by atoms with E-state index in [1.165, 1.54) is 19.3 Å². The van der Waals surface area contributed by atoms with E-state index < -0.39 is 0 Å². The van der Waals surface area contributed by atoms with Crippen LogP contribution in [0.1, 0.15) is 41.1 Å². The number of rotatable bonds is 5. The van der Waals surface area contributed by atoms with Crippen molar-refractivity contribution in [2.24, 2.45) is 0 Å². The highest BCUT2D eigenvalue weighted by molar-refractivity contribution is 6.10. The molecule has 0 aliphatic carbocycles. The first-order valence-electron chi connectivity index (χ1n) is 9.20. The van der Waals surface area contributed by atoms with Gasteiger partial charge in [0, 0.05) is 29.2 Å².